The quantitative estimate of drug-likeness (QED) is 0.661. The lowest BCUT2D eigenvalue weighted by Crippen LogP contribution is -2.04. The average molecular weight is 275 g/mol. The Morgan fingerprint density at radius 2 is 2.16 bits per heavy atom. The number of aromatic nitrogens is 2. The minimum absolute atomic E-state index is 0.466. The summed E-state index contributed by atoms with van der Waals surface area (Å²) in [5, 5.41) is 4.61. The summed E-state index contributed by atoms with van der Waals surface area (Å²) in [6.45, 7) is 6.43. The van der Waals surface area contributed by atoms with Gasteiger partial charge in [-0.2, -0.15) is 5.10 Å². The Morgan fingerprint density at radius 1 is 1.37 bits per heavy atom. The summed E-state index contributed by atoms with van der Waals surface area (Å²) in [5.74, 6) is 0.883. The van der Waals surface area contributed by atoms with Gasteiger partial charge in [-0.1, -0.05) is 13.0 Å². The van der Waals surface area contributed by atoms with Crippen molar-refractivity contribution in [3.8, 4) is 0 Å². The molecule has 1 atom stereocenters. The van der Waals surface area contributed by atoms with Crippen LogP contribution in [-0.4, -0.2) is 9.78 Å². The minimum atomic E-state index is 0.466. The van der Waals surface area contributed by atoms with Crippen LogP contribution in [-0.2, 0) is 5.75 Å². The summed E-state index contributed by atoms with van der Waals surface area (Å²) < 4.78 is 2.04. The number of nitrogens with zero attached hydrogens (tertiary/aromatic N) is 2. The van der Waals surface area contributed by atoms with Gasteiger partial charge in [0.2, 0.25) is 0 Å². The Kier molecular flexibility index (Phi) is 4.53. The number of nitrogens with two attached hydrogens (primary N) is 1. The summed E-state index contributed by atoms with van der Waals surface area (Å²) in [5.41, 5.74) is 9.05. The number of hydrogen-bond acceptors (Lipinski definition) is 3. The molecule has 0 saturated carbocycles. The van der Waals surface area contributed by atoms with Crippen LogP contribution in [0.15, 0.2) is 35.4 Å². The fraction of sp³-hybridized carbons (Fsp3) is 0.400. The molecule has 1 unspecified atom stereocenters. The molecule has 0 aliphatic rings. The lowest BCUT2D eigenvalue weighted by molar-refractivity contribution is 0.475. The van der Waals surface area contributed by atoms with Crippen molar-refractivity contribution >= 4 is 17.4 Å². The lowest BCUT2D eigenvalue weighted by atomic mass is 10.2. The SMILES string of the molecule is CCC(C)n1ccc(CSc2cccc(N)c2C)n1. The predicted octanol–water partition coefficient (Wildman–Crippen LogP) is 4.04. The Balaban J connectivity index is 2.02. The molecular formula is C15H21N3S. The van der Waals surface area contributed by atoms with Gasteiger partial charge in [-0.3, -0.25) is 4.68 Å². The fourth-order valence-corrected chi connectivity index (χ4v) is 2.79. The monoisotopic (exact) mass is 275 g/mol. The van der Waals surface area contributed by atoms with E-state index in [-0.39, 0.29) is 0 Å². The molecule has 1 aromatic carbocycles. The molecule has 4 heteroatoms. The van der Waals surface area contributed by atoms with Crippen molar-refractivity contribution in [3.05, 3.63) is 41.7 Å². The van der Waals surface area contributed by atoms with Crippen molar-refractivity contribution in [3.63, 3.8) is 0 Å². The zero-order valence-electron chi connectivity index (χ0n) is 11.8. The number of hydrogen-bond donors (Lipinski definition) is 1. The summed E-state index contributed by atoms with van der Waals surface area (Å²) in [4.78, 5) is 1.23. The van der Waals surface area contributed by atoms with E-state index in [1.54, 1.807) is 11.8 Å². The van der Waals surface area contributed by atoms with Crippen LogP contribution in [0.3, 0.4) is 0 Å². The second kappa shape index (κ2) is 6.15. The molecule has 0 radical (unpaired) electrons. The van der Waals surface area contributed by atoms with Gasteiger partial charge < -0.3 is 5.73 Å². The van der Waals surface area contributed by atoms with Crippen molar-refractivity contribution < 1.29 is 0 Å². The first kappa shape index (κ1) is 14.0. The number of thioether (sulfide) groups is 1. The van der Waals surface area contributed by atoms with Gasteiger partial charge in [0.1, 0.15) is 0 Å². The standard InChI is InChI=1S/C15H21N3S/c1-4-11(2)18-9-8-13(17-18)10-19-15-7-5-6-14(16)12(15)3/h5-9,11H,4,10,16H2,1-3H3. The molecule has 0 fully saturated rings. The Hall–Kier alpha value is -1.42. The van der Waals surface area contributed by atoms with Crippen LogP contribution in [0.5, 0.6) is 0 Å². The van der Waals surface area contributed by atoms with Crippen LogP contribution in [0.2, 0.25) is 0 Å². The maximum absolute atomic E-state index is 5.92. The lowest BCUT2D eigenvalue weighted by Gasteiger charge is -2.08. The first-order valence-electron chi connectivity index (χ1n) is 6.63. The van der Waals surface area contributed by atoms with E-state index in [0.29, 0.717) is 6.04 Å². The van der Waals surface area contributed by atoms with E-state index in [1.165, 1.54) is 4.90 Å². The van der Waals surface area contributed by atoms with Crippen LogP contribution in [0, 0.1) is 6.92 Å². The van der Waals surface area contributed by atoms with Gasteiger partial charge in [0.25, 0.3) is 0 Å². The zero-order valence-corrected chi connectivity index (χ0v) is 12.6. The zero-order chi connectivity index (χ0) is 13.8. The predicted molar refractivity (Wildman–Crippen MR) is 82.4 cm³/mol. The van der Waals surface area contributed by atoms with Gasteiger partial charge in [0.05, 0.1) is 5.69 Å². The van der Waals surface area contributed by atoms with Gasteiger partial charge in [-0.05, 0) is 44.0 Å². The molecule has 0 aliphatic carbocycles. The third-order valence-electron chi connectivity index (χ3n) is 3.41. The molecule has 3 nitrogen and oxygen atoms in total. The van der Waals surface area contributed by atoms with Gasteiger partial charge in [-0.25, -0.2) is 0 Å². The highest BCUT2D eigenvalue weighted by molar-refractivity contribution is 7.98. The molecule has 102 valence electrons. The summed E-state index contributed by atoms with van der Waals surface area (Å²) in [6, 6.07) is 8.62. The van der Waals surface area contributed by atoms with E-state index in [2.05, 4.69) is 44.2 Å². The van der Waals surface area contributed by atoms with Crippen molar-refractivity contribution in [1.29, 1.82) is 0 Å². The Labute approximate surface area is 119 Å². The average Bonchev–Trinajstić information content (AvgIpc) is 2.88. The number of anilines is 1. The van der Waals surface area contributed by atoms with Crippen LogP contribution in [0.25, 0.3) is 0 Å². The van der Waals surface area contributed by atoms with Crippen LogP contribution < -0.4 is 5.73 Å². The third-order valence-corrected chi connectivity index (χ3v) is 4.60. The number of nitrogen functional groups attached to an aromatic ring is 1. The second-order valence-corrected chi connectivity index (χ2v) is 5.82. The molecular weight excluding hydrogens is 254 g/mol. The van der Waals surface area contributed by atoms with Crippen molar-refractivity contribution in [1.82, 2.24) is 9.78 Å². The number of rotatable bonds is 5. The fourth-order valence-electron chi connectivity index (χ4n) is 1.83. The van der Waals surface area contributed by atoms with Crippen molar-refractivity contribution in [2.75, 3.05) is 5.73 Å². The normalized spacial score (nSPS) is 12.6. The first-order valence-corrected chi connectivity index (χ1v) is 7.62. The molecule has 0 spiro atoms. The van der Waals surface area contributed by atoms with Gasteiger partial charge in [-0.15, -0.1) is 11.8 Å². The first-order chi connectivity index (χ1) is 9.11. The van der Waals surface area contributed by atoms with Gasteiger partial charge in [0, 0.05) is 28.6 Å². The Bertz CT molecular complexity index is 548. The van der Waals surface area contributed by atoms with E-state index in [0.717, 1.165) is 29.1 Å². The molecule has 19 heavy (non-hydrogen) atoms. The van der Waals surface area contributed by atoms with Crippen LogP contribution in [0.1, 0.15) is 37.6 Å². The van der Waals surface area contributed by atoms with Crippen LogP contribution in [0.4, 0.5) is 5.69 Å². The van der Waals surface area contributed by atoms with Crippen molar-refractivity contribution in [2.24, 2.45) is 0 Å². The summed E-state index contributed by atoms with van der Waals surface area (Å²) >= 11 is 1.79. The maximum Gasteiger partial charge on any atom is 0.0727 e. The molecule has 2 N–H and O–H groups in total. The van der Waals surface area contributed by atoms with Gasteiger partial charge in [0.15, 0.2) is 0 Å². The molecule has 0 saturated heterocycles. The smallest absolute Gasteiger partial charge is 0.0727 e. The summed E-state index contributed by atoms with van der Waals surface area (Å²) in [6.07, 6.45) is 3.17. The minimum Gasteiger partial charge on any atom is -0.398 e. The van der Waals surface area contributed by atoms with Gasteiger partial charge >= 0.3 is 0 Å². The van der Waals surface area contributed by atoms with Crippen molar-refractivity contribution in [2.45, 2.75) is 43.9 Å². The van der Waals surface area contributed by atoms with E-state index in [4.69, 9.17) is 5.73 Å². The molecule has 1 aromatic heterocycles. The molecule has 2 rings (SSSR count). The van der Waals surface area contributed by atoms with E-state index in [9.17, 15) is 0 Å². The molecule has 2 aromatic rings. The highest BCUT2D eigenvalue weighted by Crippen LogP contribution is 2.28. The van der Waals surface area contributed by atoms with Crippen LogP contribution >= 0.6 is 11.8 Å². The van der Waals surface area contributed by atoms with E-state index in [1.807, 2.05) is 16.8 Å². The van der Waals surface area contributed by atoms with E-state index < -0.39 is 0 Å². The molecule has 0 aliphatic heterocycles. The van der Waals surface area contributed by atoms with E-state index >= 15 is 0 Å². The highest BCUT2D eigenvalue weighted by Gasteiger charge is 2.06. The number of benzene rings is 1. The summed E-state index contributed by atoms with van der Waals surface area (Å²) in [7, 11) is 0. The molecule has 0 bridgehead atoms. The second-order valence-electron chi connectivity index (χ2n) is 4.80. The highest BCUT2D eigenvalue weighted by atomic mass is 32.2. The Morgan fingerprint density at radius 3 is 2.89 bits per heavy atom. The largest absolute Gasteiger partial charge is 0.398 e. The molecule has 0 amide bonds. The molecule has 1 heterocycles. The maximum atomic E-state index is 5.92. The topological polar surface area (TPSA) is 43.8 Å². The third kappa shape index (κ3) is 3.32.